The van der Waals surface area contributed by atoms with Gasteiger partial charge in [0, 0.05) is 11.4 Å². The number of nitrogens with zero attached hydrogens (tertiary/aromatic N) is 1. The number of carbonyl (C=O) groups is 1. The van der Waals surface area contributed by atoms with Crippen molar-refractivity contribution in [1.29, 1.82) is 0 Å². The molecule has 112 valence electrons. The molecular formula is C13H18F3N3O. The molecule has 4 nitrogen and oxygen atoms in total. The van der Waals surface area contributed by atoms with Crippen LogP contribution in [0.4, 0.5) is 24.5 Å². The number of nitrogen functional groups attached to an aromatic ring is 1. The van der Waals surface area contributed by atoms with Gasteiger partial charge in [0.2, 0.25) is 5.91 Å². The fourth-order valence-corrected chi connectivity index (χ4v) is 1.73. The van der Waals surface area contributed by atoms with E-state index in [1.165, 1.54) is 6.07 Å². The molecule has 0 aromatic heterocycles. The average Bonchev–Trinajstić information content (AvgIpc) is 2.37. The number of rotatable bonds is 5. The van der Waals surface area contributed by atoms with E-state index in [1.54, 1.807) is 0 Å². The first-order valence-electron chi connectivity index (χ1n) is 6.26. The predicted octanol–water partition coefficient (Wildman–Crippen LogP) is 2.57. The van der Waals surface area contributed by atoms with Gasteiger partial charge < -0.3 is 11.1 Å². The molecule has 0 fully saturated rings. The van der Waals surface area contributed by atoms with E-state index in [4.69, 9.17) is 5.73 Å². The van der Waals surface area contributed by atoms with Crippen molar-refractivity contribution in [3.8, 4) is 0 Å². The molecule has 0 saturated heterocycles. The molecule has 3 N–H and O–H groups in total. The number of hydrogen-bond donors (Lipinski definition) is 2. The van der Waals surface area contributed by atoms with E-state index < -0.39 is 11.7 Å². The minimum Gasteiger partial charge on any atom is -0.398 e. The van der Waals surface area contributed by atoms with Gasteiger partial charge in [-0.25, -0.2) is 0 Å². The second kappa shape index (κ2) is 6.60. The highest BCUT2D eigenvalue weighted by atomic mass is 19.4. The van der Waals surface area contributed by atoms with Crippen LogP contribution in [0, 0.1) is 0 Å². The summed E-state index contributed by atoms with van der Waals surface area (Å²) >= 11 is 0. The first kappa shape index (κ1) is 16.3. The molecule has 20 heavy (non-hydrogen) atoms. The van der Waals surface area contributed by atoms with E-state index in [1.807, 2.05) is 18.7 Å². The lowest BCUT2D eigenvalue weighted by Gasteiger charge is -2.18. The van der Waals surface area contributed by atoms with Crippen LogP contribution < -0.4 is 11.1 Å². The molecule has 0 unspecified atom stereocenters. The molecule has 0 heterocycles. The first-order valence-corrected chi connectivity index (χ1v) is 6.26. The number of alkyl halides is 3. The molecule has 1 amide bonds. The SMILES string of the molecule is CCN(CC)CC(=O)Nc1ccc(N)c(C(F)(F)F)c1. The highest BCUT2D eigenvalue weighted by Gasteiger charge is 2.33. The second-order valence-corrected chi connectivity index (χ2v) is 4.31. The number of nitrogens with two attached hydrogens (primary N) is 1. The number of carbonyl (C=O) groups excluding carboxylic acids is 1. The lowest BCUT2D eigenvalue weighted by molar-refractivity contribution is -0.136. The van der Waals surface area contributed by atoms with Crippen molar-refractivity contribution in [2.75, 3.05) is 30.7 Å². The zero-order chi connectivity index (χ0) is 15.3. The third-order valence-corrected chi connectivity index (χ3v) is 2.90. The molecule has 1 aromatic carbocycles. The molecule has 1 aromatic rings. The van der Waals surface area contributed by atoms with Crippen LogP contribution >= 0.6 is 0 Å². The van der Waals surface area contributed by atoms with Gasteiger partial charge in [0.25, 0.3) is 0 Å². The summed E-state index contributed by atoms with van der Waals surface area (Å²) in [7, 11) is 0. The first-order chi connectivity index (χ1) is 9.27. The van der Waals surface area contributed by atoms with Crippen LogP contribution in [-0.2, 0) is 11.0 Å². The second-order valence-electron chi connectivity index (χ2n) is 4.31. The van der Waals surface area contributed by atoms with Crippen LogP contribution in [0.5, 0.6) is 0 Å². The maximum Gasteiger partial charge on any atom is 0.418 e. The van der Waals surface area contributed by atoms with Gasteiger partial charge in [-0.2, -0.15) is 13.2 Å². The summed E-state index contributed by atoms with van der Waals surface area (Å²) < 4.78 is 38.1. The standard InChI is InChI=1S/C13H18F3N3O/c1-3-19(4-2)8-12(20)18-9-5-6-11(17)10(7-9)13(14,15)16/h5-7H,3-4,8,17H2,1-2H3,(H,18,20). The Morgan fingerprint density at radius 2 is 1.90 bits per heavy atom. The van der Waals surface area contributed by atoms with E-state index in [9.17, 15) is 18.0 Å². The Labute approximate surface area is 115 Å². The molecular weight excluding hydrogens is 271 g/mol. The zero-order valence-electron chi connectivity index (χ0n) is 11.4. The third-order valence-electron chi connectivity index (χ3n) is 2.90. The van der Waals surface area contributed by atoms with E-state index in [-0.39, 0.29) is 23.8 Å². The Morgan fingerprint density at radius 1 is 1.30 bits per heavy atom. The summed E-state index contributed by atoms with van der Waals surface area (Å²) in [5.41, 5.74) is 4.07. The summed E-state index contributed by atoms with van der Waals surface area (Å²) in [4.78, 5) is 13.6. The number of hydrogen-bond acceptors (Lipinski definition) is 3. The number of amides is 1. The van der Waals surface area contributed by atoms with Crippen LogP contribution in [0.15, 0.2) is 18.2 Å². The molecule has 1 rings (SSSR count). The molecule has 0 aliphatic carbocycles. The Morgan fingerprint density at radius 3 is 2.40 bits per heavy atom. The smallest absolute Gasteiger partial charge is 0.398 e. The summed E-state index contributed by atoms with van der Waals surface area (Å²) in [6.07, 6.45) is -4.54. The lowest BCUT2D eigenvalue weighted by Crippen LogP contribution is -2.33. The van der Waals surface area contributed by atoms with Crippen LogP contribution in [0.1, 0.15) is 19.4 Å². The maximum atomic E-state index is 12.7. The number of likely N-dealkylation sites (N-methyl/N-ethyl adjacent to an activating group) is 1. The largest absolute Gasteiger partial charge is 0.418 e. The minimum absolute atomic E-state index is 0.0867. The molecule has 0 bridgehead atoms. The van der Waals surface area contributed by atoms with Gasteiger partial charge in [0.05, 0.1) is 12.1 Å². The Hall–Kier alpha value is -1.76. The highest BCUT2D eigenvalue weighted by molar-refractivity contribution is 5.92. The van der Waals surface area contributed by atoms with Crippen molar-refractivity contribution >= 4 is 17.3 Å². The highest BCUT2D eigenvalue weighted by Crippen LogP contribution is 2.35. The van der Waals surface area contributed by atoms with Crippen LogP contribution in [-0.4, -0.2) is 30.4 Å². The van der Waals surface area contributed by atoms with Crippen molar-refractivity contribution in [2.24, 2.45) is 0 Å². The topological polar surface area (TPSA) is 58.4 Å². The van der Waals surface area contributed by atoms with Crippen molar-refractivity contribution < 1.29 is 18.0 Å². The van der Waals surface area contributed by atoms with Gasteiger partial charge in [0.15, 0.2) is 0 Å². The maximum absolute atomic E-state index is 12.7. The van der Waals surface area contributed by atoms with Crippen molar-refractivity contribution in [3.05, 3.63) is 23.8 Å². The molecule has 0 aliphatic heterocycles. The summed E-state index contributed by atoms with van der Waals surface area (Å²) in [6.45, 7) is 5.33. The van der Waals surface area contributed by atoms with Crippen LogP contribution in [0.2, 0.25) is 0 Å². The molecule has 0 atom stereocenters. The minimum atomic E-state index is -4.54. The van der Waals surface area contributed by atoms with Gasteiger partial charge in [-0.15, -0.1) is 0 Å². The Balaban J connectivity index is 2.81. The van der Waals surface area contributed by atoms with Gasteiger partial charge in [0.1, 0.15) is 0 Å². The fourth-order valence-electron chi connectivity index (χ4n) is 1.73. The monoisotopic (exact) mass is 289 g/mol. The number of halogens is 3. The van der Waals surface area contributed by atoms with Gasteiger partial charge in [-0.05, 0) is 31.3 Å². The quantitative estimate of drug-likeness (QED) is 0.819. The average molecular weight is 289 g/mol. The summed E-state index contributed by atoms with van der Waals surface area (Å²) in [5, 5.41) is 2.44. The molecule has 0 saturated carbocycles. The molecule has 0 aliphatic rings. The fraction of sp³-hybridized carbons (Fsp3) is 0.462. The summed E-state index contributed by atoms with van der Waals surface area (Å²) in [6, 6.07) is 3.33. The van der Waals surface area contributed by atoms with Crippen molar-refractivity contribution in [3.63, 3.8) is 0 Å². The van der Waals surface area contributed by atoms with Gasteiger partial charge in [-0.1, -0.05) is 13.8 Å². The molecule has 0 radical (unpaired) electrons. The molecule has 7 heteroatoms. The van der Waals surface area contributed by atoms with Crippen LogP contribution in [0.25, 0.3) is 0 Å². The van der Waals surface area contributed by atoms with Crippen LogP contribution in [0.3, 0.4) is 0 Å². The van der Waals surface area contributed by atoms with E-state index in [0.717, 1.165) is 12.1 Å². The number of anilines is 2. The van der Waals surface area contributed by atoms with E-state index in [0.29, 0.717) is 13.1 Å². The van der Waals surface area contributed by atoms with E-state index in [2.05, 4.69) is 5.32 Å². The number of nitrogens with one attached hydrogen (secondary N) is 1. The number of benzene rings is 1. The molecule has 0 spiro atoms. The van der Waals surface area contributed by atoms with Crippen molar-refractivity contribution in [2.45, 2.75) is 20.0 Å². The van der Waals surface area contributed by atoms with Gasteiger partial charge in [-0.3, -0.25) is 9.69 Å². The third kappa shape index (κ3) is 4.41. The normalized spacial score (nSPS) is 11.7. The summed E-state index contributed by atoms with van der Waals surface area (Å²) in [5.74, 6) is -0.355. The zero-order valence-corrected chi connectivity index (χ0v) is 11.4. The van der Waals surface area contributed by atoms with Gasteiger partial charge >= 0.3 is 6.18 Å². The van der Waals surface area contributed by atoms with E-state index >= 15 is 0 Å². The Kier molecular flexibility index (Phi) is 5.38. The van der Waals surface area contributed by atoms with Crippen molar-refractivity contribution in [1.82, 2.24) is 4.90 Å². The predicted molar refractivity (Wildman–Crippen MR) is 72.3 cm³/mol. The lowest BCUT2D eigenvalue weighted by atomic mass is 10.1. The Bertz CT molecular complexity index is 470.